The van der Waals surface area contributed by atoms with Gasteiger partial charge in [0.15, 0.2) is 0 Å². The maximum atomic E-state index is 12.1. The molecule has 0 unspecified atom stereocenters. The number of amides is 1. The molecule has 0 spiro atoms. The molecule has 2 aromatic carbocycles. The van der Waals surface area contributed by atoms with Gasteiger partial charge in [-0.3, -0.25) is 4.79 Å². The lowest BCUT2D eigenvalue weighted by atomic mass is 10.2. The molecule has 5 heteroatoms. The summed E-state index contributed by atoms with van der Waals surface area (Å²) in [7, 11) is 0. The van der Waals surface area contributed by atoms with Crippen molar-refractivity contribution < 1.29 is 4.79 Å². The van der Waals surface area contributed by atoms with E-state index < -0.39 is 0 Å². The van der Waals surface area contributed by atoms with Gasteiger partial charge in [-0.2, -0.15) is 0 Å². The van der Waals surface area contributed by atoms with Crippen molar-refractivity contribution in [3.8, 4) is 0 Å². The molecule has 0 radical (unpaired) electrons. The summed E-state index contributed by atoms with van der Waals surface area (Å²) in [5, 5.41) is 3.53. The second-order valence-corrected chi connectivity index (χ2v) is 6.73. The van der Waals surface area contributed by atoms with Gasteiger partial charge in [0.05, 0.1) is 10.7 Å². The fourth-order valence-corrected chi connectivity index (χ4v) is 3.37. The number of carbonyl (C=O) groups is 1. The highest BCUT2D eigenvalue weighted by Crippen LogP contribution is 2.29. The summed E-state index contributed by atoms with van der Waals surface area (Å²) in [6.45, 7) is 7.32. The Labute approximate surface area is 160 Å². The van der Waals surface area contributed by atoms with Crippen molar-refractivity contribution in [3.63, 3.8) is 0 Å². The second-order valence-electron chi connectivity index (χ2n) is 6.32. The van der Waals surface area contributed by atoms with E-state index in [0.717, 1.165) is 44.0 Å². The maximum Gasteiger partial charge on any atom is 0.248 e. The van der Waals surface area contributed by atoms with E-state index in [4.69, 9.17) is 11.6 Å². The zero-order valence-corrected chi connectivity index (χ0v) is 15.7. The lowest BCUT2D eigenvalue weighted by Gasteiger charge is -2.36. The van der Waals surface area contributed by atoms with Gasteiger partial charge in [-0.15, -0.1) is 0 Å². The van der Waals surface area contributed by atoms with Crippen molar-refractivity contribution in [1.82, 2.24) is 4.90 Å². The van der Waals surface area contributed by atoms with Gasteiger partial charge in [-0.25, -0.2) is 0 Å². The number of nitrogens with one attached hydrogen (secondary N) is 1. The van der Waals surface area contributed by atoms with Gasteiger partial charge in [0.25, 0.3) is 0 Å². The summed E-state index contributed by atoms with van der Waals surface area (Å²) in [6, 6.07) is 15.4. The highest BCUT2D eigenvalue weighted by atomic mass is 35.5. The topological polar surface area (TPSA) is 35.6 Å². The SMILES string of the molecule is CCN1CCN(c2ccc(NC(=O)C=Cc3ccccc3)cc2Cl)CC1. The highest BCUT2D eigenvalue weighted by Gasteiger charge is 2.18. The Bertz CT molecular complexity index is 768. The summed E-state index contributed by atoms with van der Waals surface area (Å²) in [5.74, 6) is -0.172. The van der Waals surface area contributed by atoms with E-state index in [1.807, 2.05) is 48.5 Å². The summed E-state index contributed by atoms with van der Waals surface area (Å²) >= 11 is 6.46. The van der Waals surface area contributed by atoms with Crippen molar-refractivity contribution in [3.05, 3.63) is 65.2 Å². The molecule has 0 aliphatic carbocycles. The van der Waals surface area contributed by atoms with Crippen LogP contribution in [0.15, 0.2) is 54.6 Å². The van der Waals surface area contributed by atoms with Gasteiger partial charge >= 0.3 is 0 Å². The van der Waals surface area contributed by atoms with E-state index in [0.29, 0.717) is 10.7 Å². The average Bonchev–Trinajstić information content (AvgIpc) is 2.67. The first-order valence-electron chi connectivity index (χ1n) is 8.96. The fraction of sp³-hybridized carbons (Fsp3) is 0.286. The number of halogens is 1. The first-order valence-corrected chi connectivity index (χ1v) is 9.34. The molecule has 0 atom stereocenters. The van der Waals surface area contributed by atoms with Gasteiger partial charge < -0.3 is 15.1 Å². The standard InChI is InChI=1S/C21H24ClN3O/c1-2-24-12-14-25(15-13-24)20-10-9-18(16-19(20)22)23-21(26)11-8-17-6-4-3-5-7-17/h3-11,16H,2,12-15H2,1H3,(H,23,26). The summed E-state index contributed by atoms with van der Waals surface area (Å²) < 4.78 is 0. The molecular formula is C21H24ClN3O. The molecule has 1 saturated heterocycles. The molecule has 2 aromatic rings. The smallest absolute Gasteiger partial charge is 0.248 e. The average molecular weight is 370 g/mol. The first-order chi connectivity index (χ1) is 12.7. The number of benzene rings is 2. The van der Waals surface area contributed by atoms with E-state index in [9.17, 15) is 4.79 Å². The molecule has 1 aliphatic heterocycles. The number of piperazine rings is 1. The molecular weight excluding hydrogens is 346 g/mol. The number of likely N-dealkylation sites (N-methyl/N-ethyl adjacent to an activating group) is 1. The number of nitrogens with zero attached hydrogens (tertiary/aromatic N) is 2. The van der Waals surface area contributed by atoms with Crippen LogP contribution in [0, 0.1) is 0 Å². The molecule has 136 valence electrons. The van der Waals surface area contributed by atoms with E-state index in [1.165, 1.54) is 6.08 Å². The minimum atomic E-state index is -0.172. The van der Waals surface area contributed by atoms with Crippen LogP contribution in [0.3, 0.4) is 0 Å². The first kappa shape index (κ1) is 18.5. The molecule has 26 heavy (non-hydrogen) atoms. The predicted molar refractivity (Wildman–Crippen MR) is 110 cm³/mol. The minimum absolute atomic E-state index is 0.172. The van der Waals surface area contributed by atoms with E-state index >= 15 is 0 Å². The quantitative estimate of drug-likeness (QED) is 0.805. The zero-order chi connectivity index (χ0) is 18.4. The number of carbonyl (C=O) groups excluding carboxylic acids is 1. The van der Waals surface area contributed by atoms with Crippen LogP contribution in [0.1, 0.15) is 12.5 Å². The van der Waals surface area contributed by atoms with Crippen molar-refractivity contribution in [1.29, 1.82) is 0 Å². The largest absolute Gasteiger partial charge is 0.368 e. The number of anilines is 2. The Morgan fingerprint density at radius 2 is 1.85 bits per heavy atom. The number of hydrogen-bond donors (Lipinski definition) is 1. The third-order valence-corrected chi connectivity index (χ3v) is 4.90. The van der Waals surface area contributed by atoms with Crippen LogP contribution in [-0.2, 0) is 4.79 Å². The van der Waals surface area contributed by atoms with Crippen LogP contribution in [0.2, 0.25) is 5.02 Å². The predicted octanol–water partition coefficient (Wildman–Crippen LogP) is 4.13. The van der Waals surface area contributed by atoms with Crippen LogP contribution in [0.4, 0.5) is 11.4 Å². The Morgan fingerprint density at radius 1 is 1.12 bits per heavy atom. The summed E-state index contributed by atoms with van der Waals surface area (Å²) in [6.07, 6.45) is 3.32. The lowest BCUT2D eigenvalue weighted by molar-refractivity contribution is -0.111. The molecule has 1 amide bonds. The third-order valence-electron chi connectivity index (χ3n) is 4.60. The molecule has 0 saturated carbocycles. The van der Waals surface area contributed by atoms with Crippen LogP contribution in [0.5, 0.6) is 0 Å². The second kappa shape index (κ2) is 8.88. The number of rotatable bonds is 5. The number of hydrogen-bond acceptors (Lipinski definition) is 3. The molecule has 4 nitrogen and oxygen atoms in total. The van der Waals surface area contributed by atoms with E-state index in [-0.39, 0.29) is 5.91 Å². The van der Waals surface area contributed by atoms with Crippen molar-refractivity contribution in [2.75, 3.05) is 42.9 Å². The van der Waals surface area contributed by atoms with Crippen molar-refractivity contribution in [2.24, 2.45) is 0 Å². The van der Waals surface area contributed by atoms with Gasteiger partial charge in [-0.1, -0.05) is 48.9 Å². The van der Waals surface area contributed by atoms with E-state index in [1.54, 1.807) is 6.08 Å². The summed E-state index contributed by atoms with van der Waals surface area (Å²) in [5.41, 5.74) is 2.72. The Hall–Kier alpha value is -2.30. The Kier molecular flexibility index (Phi) is 6.31. The minimum Gasteiger partial charge on any atom is -0.368 e. The lowest BCUT2D eigenvalue weighted by Crippen LogP contribution is -2.46. The van der Waals surface area contributed by atoms with Crippen LogP contribution in [0.25, 0.3) is 6.08 Å². The van der Waals surface area contributed by atoms with Crippen LogP contribution >= 0.6 is 11.6 Å². The molecule has 3 rings (SSSR count). The van der Waals surface area contributed by atoms with Crippen LogP contribution < -0.4 is 10.2 Å². The Morgan fingerprint density at radius 3 is 2.50 bits per heavy atom. The normalized spacial score (nSPS) is 15.4. The molecule has 0 aromatic heterocycles. The third kappa shape index (κ3) is 4.87. The van der Waals surface area contributed by atoms with Gasteiger partial charge in [0.2, 0.25) is 5.91 Å². The molecule has 0 bridgehead atoms. The monoisotopic (exact) mass is 369 g/mol. The Balaban J connectivity index is 1.60. The zero-order valence-electron chi connectivity index (χ0n) is 15.0. The molecule has 1 fully saturated rings. The van der Waals surface area contributed by atoms with Gasteiger partial charge in [0.1, 0.15) is 0 Å². The van der Waals surface area contributed by atoms with Gasteiger partial charge in [0, 0.05) is 37.9 Å². The fourth-order valence-electron chi connectivity index (χ4n) is 3.07. The van der Waals surface area contributed by atoms with Crippen molar-refractivity contribution >= 4 is 35.0 Å². The summed E-state index contributed by atoms with van der Waals surface area (Å²) in [4.78, 5) is 16.8. The molecule has 1 heterocycles. The molecule has 1 N–H and O–H groups in total. The van der Waals surface area contributed by atoms with Gasteiger partial charge in [-0.05, 0) is 36.4 Å². The van der Waals surface area contributed by atoms with Crippen molar-refractivity contribution in [2.45, 2.75) is 6.92 Å². The van der Waals surface area contributed by atoms with Crippen LogP contribution in [-0.4, -0.2) is 43.5 Å². The highest BCUT2D eigenvalue weighted by molar-refractivity contribution is 6.33. The maximum absolute atomic E-state index is 12.1. The van der Waals surface area contributed by atoms with E-state index in [2.05, 4.69) is 22.0 Å². The molecule has 1 aliphatic rings.